The van der Waals surface area contributed by atoms with Crippen LogP contribution in [0.2, 0.25) is 0 Å². The highest BCUT2D eigenvalue weighted by atomic mass is 32.1. The molecular formula is C15H21N3O2S. The summed E-state index contributed by atoms with van der Waals surface area (Å²) in [5.74, 6) is 1.73. The second-order valence-electron chi connectivity index (χ2n) is 6.52. The monoisotopic (exact) mass is 307 g/mol. The fourth-order valence-corrected chi connectivity index (χ4v) is 3.44. The molecule has 0 aromatic carbocycles. The van der Waals surface area contributed by atoms with E-state index in [1.165, 1.54) is 0 Å². The third-order valence-corrected chi connectivity index (χ3v) is 4.64. The Hall–Kier alpha value is -1.27. The van der Waals surface area contributed by atoms with Gasteiger partial charge in [0.2, 0.25) is 5.89 Å². The predicted molar refractivity (Wildman–Crippen MR) is 80.4 cm³/mol. The highest BCUT2D eigenvalue weighted by Gasteiger charge is 2.40. The predicted octanol–water partition coefficient (Wildman–Crippen LogP) is 3.23. The van der Waals surface area contributed by atoms with Crippen LogP contribution in [-0.4, -0.2) is 27.8 Å². The first-order valence-corrected chi connectivity index (χ1v) is 8.24. The molecule has 0 aliphatic carbocycles. The lowest BCUT2D eigenvalue weighted by atomic mass is 9.81. The molecule has 3 heterocycles. The zero-order valence-corrected chi connectivity index (χ0v) is 13.5. The fraction of sp³-hybridized carbons (Fsp3) is 0.667. The molecule has 2 aromatic heterocycles. The van der Waals surface area contributed by atoms with Gasteiger partial charge in [-0.15, -0.1) is 11.3 Å². The number of aromatic nitrogens is 3. The first-order chi connectivity index (χ1) is 10.0. The minimum absolute atomic E-state index is 0.0862. The zero-order valence-electron chi connectivity index (χ0n) is 12.7. The standard InChI is InChI=1S/C15H21N3O2S/c1-15(2,3)13-10(6-8-19-13)14-17-11(20-18-14)4-5-12-16-7-9-21-12/h7,9-10,13H,4-6,8H2,1-3H3/t10-,13-/m1/s1. The van der Waals surface area contributed by atoms with Gasteiger partial charge in [-0.25, -0.2) is 4.98 Å². The number of rotatable bonds is 4. The fourth-order valence-electron chi connectivity index (χ4n) is 2.82. The summed E-state index contributed by atoms with van der Waals surface area (Å²) in [4.78, 5) is 8.84. The average molecular weight is 307 g/mol. The average Bonchev–Trinajstić information content (AvgIpc) is 3.16. The highest BCUT2D eigenvalue weighted by molar-refractivity contribution is 7.09. The van der Waals surface area contributed by atoms with Crippen molar-refractivity contribution in [2.24, 2.45) is 5.41 Å². The summed E-state index contributed by atoms with van der Waals surface area (Å²) in [7, 11) is 0. The van der Waals surface area contributed by atoms with Gasteiger partial charge in [0, 0.05) is 31.0 Å². The van der Waals surface area contributed by atoms with Crippen molar-refractivity contribution < 1.29 is 9.26 Å². The lowest BCUT2D eigenvalue weighted by Crippen LogP contribution is -2.30. The Morgan fingerprint density at radius 3 is 2.90 bits per heavy atom. The van der Waals surface area contributed by atoms with E-state index in [2.05, 4.69) is 35.9 Å². The largest absolute Gasteiger partial charge is 0.377 e. The Morgan fingerprint density at radius 2 is 2.19 bits per heavy atom. The third-order valence-electron chi connectivity index (χ3n) is 3.80. The number of nitrogens with zero attached hydrogens (tertiary/aromatic N) is 3. The summed E-state index contributed by atoms with van der Waals surface area (Å²) >= 11 is 1.66. The Bertz CT molecular complexity index is 574. The van der Waals surface area contributed by atoms with Gasteiger partial charge in [-0.05, 0) is 11.8 Å². The molecule has 114 valence electrons. The first-order valence-electron chi connectivity index (χ1n) is 7.36. The normalized spacial score (nSPS) is 22.8. The first kappa shape index (κ1) is 14.7. The van der Waals surface area contributed by atoms with Crippen LogP contribution >= 0.6 is 11.3 Å². The summed E-state index contributed by atoms with van der Waals surface area (Å²) in [5.41, 5.74) is 0.0862. The van der Waals surface area contributed by atoms with Crippen molar-refractivity contribution >= 4 is 11.3 Å². The summed E-state index contributed by atoms with van der Waals surface area (Å²) in [6.07, 6.45) is 4.54. The molecule has 2 atom stereocenters. The van der Waals surface area contributed by atoms with E-state index < -0.39 is 0 Å². The molecular weight excluding hydrogens is 286 g/mol. The zero-order chi connectivity index (χ0) is 14.9. The Balaban J connectivity index is 1.67. The maximum Gasteiger partial charge on any atom is 0.227 e. The molecule has 2 aromatic rings. The molecule has 0 bridgehead atoms. The van der Waals surface area contributed by atoms with Crippen LogP contribution in [0.4, 0.5) is 0 Å². The molecule has 1 fully saturated rings. The number of hydrogen-bond acceptors (Lipinski definition) is 6. The highest BCUT2D eigenvalue weighted by Crippen LogP contribution is 2.39. The second-order valence-corrected chi connectivity index (χ2v) is 7.50. The van der Waals surface area contributed by atoms with Gasteiger partial charge in [0.1, 0.15) is 0 Å². The Morgan fingerprint density at radius 1 is 1.33 bits per heavy atom. The van der Waals surface area contributed by atoms with E-state index in [1.54, 1.807) is 11.3 Å². The van der Waals surface area contributed by atoms with Crippen LogP contribution in [0.5, 0.6) is 0 Å². The number of hydrogen-bond donors (Lipinski definition) is 0. The van der Waals surface area contributed by atoms with Crippen LogP contribution in [-0.2, 0) is 17.6 Å². The van der Waals surface area contributed by atoms with Gasteiger partial charge in [-0.2, -0.15) is 4.98 Å². The van der Waals surface area contributed by atoms with E-state index in [-0.39, 0.29) is 17.4 Å². The maximum absolute atomic E-state index is 5.88. The quantitative estimate of drug-likeness (QED) is 0.868. The van der Waals surface area contributed by atoms with Crippen molar-refractivity contribution in [1.29, 1.82) is 0 Å². The SMILES string of the molecule is CC(C)(C)[C@@H]1OCC[C@H]1c1noc(CCc2nccs2)n1. The van der Waals surface area contributed by atoms with Crippen LogP contribution in [0, 0.1) is 5.41 Å². The van der Waals surface area contributed by atoms with E-state index in [1.807, 2.05) is 11.6 Å². The maximum atomic E-state index is 5.88. The summed E-state index contributed by atoms with van der Waals surface area (Å²) in [6.45, 7) is 7.36. The van der Waals surface area contributed by atoms with Crippen LogP contribution in [0.3, 0.4) is 0 Å². The molecule has 0 unspecified atom stereocenters. The summed E-state index contributed by atoms with van der Waals surface area (Å²) in [6, 6.07) is 0. The van der Waals surface area contributed by atoms with Crippen molar-refractivity contribution in [3.05, 3.63) is 28.3 Å². The molecule has 1 saturated heterocycles. The molecule has 0 spiro atoms. The van der Waals surface area contributed by atoms with E-state index in [9.17, 15) is 0 Å². The molecule has 0 N–H and O–H groups in total. The van der Waals surface area contributed by atoms with Crippen molar-refractivity contribution in [3.8, 4) is 0 Å². The van der Waals surface area contributed by atoms with Crippen LogP contribution in [0.15, 0.2) is 16.1 Å². The lowest BCUT2D eigenvalue weighted by Gasteiger charge is -2.29. The van der Waals surface area contributed by atoms with E-state index in [0.717, 1.165) is 36.7 Å². The van der Waals surface area contributed by atoms with Gasteiger partial charge in [0.25, 0.3) is 0 Å². The summed E-state index contributed by atoms with van der Waals surface area (Å²) in [5, 5.41) is 7.27. The van der Waals surface area contributed by atoms with E-state index in [0.29, 0.717) is 5.89 Å². The third kappa shape index (κ3) is 3.32. The van der Waals surface area contributed by atoms with Gasteiger partial charge >= 0.3 is 0 Å². The van der Waals surface area contributed by atoms with Gasteiger partial charge in [0.15, 0.2) is 5.82 Å². The number of thiazole rings is 1. The minimum Gasteiger partial charge on any atom is -0.377 e. The molecule has 1 aliphatic heterocycles. The molecule has 0 amide bonds. The van der Waals surface area contributed by atoms with Crippen molar-refractivity contribution in [2.75, 3.05) is 6.61 Å². The second kappa shape index (κ2) is 5.85. The van der Waals surface area contributed by atoms with Gasteiger partial charge in [-0.1, -0.05) is 25.9 Å². The van der Waals surface area contributed by atoms with Gasteiger partial charge < -0.3 is 9.26 Å². The molecule has 1 aliphatic rings. The van der Waals surface area contributed by atoms with Gasteiger partial charge in [-0.3, -0.25) is 0 Å². The minimum atomic E-state index is 0.0862. The van der Waals surface area contributed by atoms with Gasteiger partial charge in [0.05, 0.1) is 17.0 Å². The summed E-state index contributed by atoms with van der Waals surface area (Å²) < 4.78 is 11.3. The lowest BCUT2D eigenvalue weighted by molar-refractivity contribution is 0.0193. The van der Waals surface area contributed by atoms with Crippen molar-refractivity contribution in [3.63, 3.8) is 0 Å². The number of aryl methyl sites for hydroxylation is 2. The van der Waals surface area contributed by atoms with Crippen LogP contribution in [0.1, 0.15) is 49.8 Å². The molecule has 6 heteroatoms. The van der Waals surface area contributed by atoms with Crippen LogP contribution in [0.25, 0.3) is 0 Å². The molecule has 0 saturated carbocycles. The molecule has 0 radical (unpaired) electrons. The Labute approximate surface area is 128 Å². The van der Waals surface area contributed by atoms with E-state index in [4.69, 9.17) is 9.26 Å². The molecule has 3 rings (SSSR count). The van der Waals surface area contributed by atoms with Crippen molar-refractivity contribution in [1.82, 2.24) is 15.1 Å². The topological polar surface area (TPSA) is 61.0 Å². The van der Waals surface area contributed by atoms with Crippen LogP contribution < -0.4 is 0 Å². The molecule has 5 nitrogen and oxygen atoms in total. The Kier molecular flexibility index (Phi) is 4.08. The van der Waals surface area contributed by atoms with Crippen molar-refractivity contribution in [2.45, 2.75) is 52.1 Å². The number of ether oxygens (including phenoxy) is 1. The van der Waals surface area contributed by atoms with E-state index >= 15 is 0 Å². The molecule has 21 heavy (non-hydrogen) atoms. The smallest absolute Gasteiger partial charge is 0.227 e.